The molecule has 1 amide bonds. The summed E-state index contributed by atoms with van der Waals surface area (Å²) >= 11 is 1.36. The third-order valence-corrected chi connectivity index (χ3v) is 2.87. The highest BCUT2D eigenvalue weighted by Crippen LogP contribution is 2.22. The lowest BCUT2D eigenvalue weighted by atomic mass is 10.2. The van der Waals surface area contributed by atoms with E-state index in [0.717, 1.165) is 12.1 Å². The molecule has 1 N–H and O–H groups in total. The van der Waals surface area contributed by atoms with Gasteiger partial charge in [0.25, 0.3) is 5.91 Å². The Bertz CT molecular complexity index is 598. The lowest BCUT2D eigenvalue weighted by Gasteiger charge is -2.03. The Hall–Kier alpha value is -2.28. The molecule has 1 aromatic carbocycles. The van der Waals surface area contributed by atoms with E-state index in [2.05, 4.69) is 5.32 Å². The van der Waals surface area contributed by atoms with E-state index in [1.807, 2.05) is 0 Å². The molecule has 0 radical (unpaired) electrons. The van der Waals surface area contributed by atoms with Gasteiger partial charge < -0.3 is 5.32 Å². The fourth-order valence-electron chi connectivity index (χ4n) is 1.33. The first kappa shape index (κ1) is 12.2. The van der Waals surface area contributed by atoms with Gasteiger partial charge in [-0.15, -0.1) is 0 Å². The summed E-state index contributed by atoms with van der Waals surface area (Å²) in [6, 6.07) is 4.82. The van der Waals surface area contributed by atoms with Crippen LogP contribution in [0.5, 0.6) is 0 Å². The third kappa shape index (κ3) is 2.51. The number of nitro groups is 1. The van der Waals surface area contributed by atoms with Crippen LogP contribution in [-0.4, -0.2) is 10.8 Å². The summed E-state index contributed by atoms with van der Waals surface area (Å²) < 4.78 is 13.1. The zero-order valence-electron chi connectivity index (χ0n) is 8.92. The summed E-state index contributed by atoms with van der Waals surface area (Å²) in [4.78, 5) is 21.4. The van der Waals surface area contributed by atoms with Crippen molar-refractivity contribution in [2.75, 3.05) is 5.32 Å². The molecule has 0 bridgehead atoms. The Morgan fingerprint density at radius 3 is 2.78 bits per heavy atom. The largest absolute Gasteiger partial charge is 0.322 e. The number of amides is 1. The summed E-state index contributed by atoms with van der Waals surface area (Å²) in [5.41, 5.74) is -0.0376. The number of thiophene rings is 1. The maximum atomic E-state index is 13.1. The zero-order chi connectivity index (χ0) is 13.1. The van der Waals surface area contributed by atoms with Gasteiger partial charge in [-0.2, -0.15) is 15.7 Å². The minimum atomic E-state index is -0.937. The molecule has 0 saturated heterocycles. The molecule has 18 heavy (non-hydrogen) atoms. The van der Waals surface area contributed by atoms with E-state index >= 15 is 0 Å². The number of benzene rings is 1. The number of anilines is 1. The zero-order valence-corrected chi connectivity index (χ0v) is 9.74. The van der Waals surface area contributed by atoms with Crippen molar-refractivity contribution in [1.29, 1.82) is 0 Å². The van der Waals surface area contributed by atoms with Crippen molar-refractivity contribution in [2.45, 2.75) is 0 Å². The quantitative estimate of drug-likeness (QED) is 0.685. The Kier molecular flexibility index (Phi) is 3.33. The molecule has 0 aliphatic carbocycles. The van der Waals surface area contributed by atoms with E-state index in [1.54, 1.807) is 16.8 Å². The summed E-state index contributed by atoms with van der Waals surface area (Å²) in [5.74, 6) is -1.33. The molecule has 0 spiro atoms. The molecule has 0 fully saturated rings. The highest BCUT2D eigenvalue weighted by atomic mass is 32.1. The summed E-state index contributed by atoms with van der Waals surface area (Å²) in [5, 5.41) is 16.4. The van der Waals surface area contributed by atoms with Crippen LogP contribution in [0.4, 0.5) is 15.8 Å². The molecule has 92 valence electrons. The van der Waals surface area contributed by atoms with Crippen molar-refractivity contribution < 1.29 is 14.1 Å². The molecular weight excluding hydrogens is 259 g/mol. The van der Waals surface area contributed by atoms with Gasteiger partial charge >= 0.3 is 5.69 Å². The van der Waals surface area contributed by atoms with Gasteiger partial charge in [-0.3, -0.25) is 14.9 Å². The van der Waals surface area contributed by atoms with E-state index in [-0.39, 0.29) is 5.69 Å². The first-order valence-corrected chi connectivity index (χ1v) is 5.79. The van der Waals surface area contributed by atoms with Crippen molar-refractivity contribution in [3.8, 4) is 0 Å². The van der Waals surface area contributed by atoms with Crippen LogP contribution in [0, 0.1) is 15.9 Å². The molecule has 0 saturated carbocycles. The van der Waals surface area contributed by atoms with Gasteiger partial charge in [0.1, 0.15) is 0 Å². The van der Waals surface area contributed by atoms with Crippen LogP contribution in [0.15, 0.2) is 35.0 Å². The molecule has 1 heterocycles. The van der Waals surface area contributed by atoms with Crippen molar-refractivity contribution in [3.05, 3.63) is 56.5 Å². The lowest BCUT2D eigenvalue weighted by molar-refractivity contribution is -0.387. The second-order valence-corrected chi connectivity index (χ2v) is 4.17. The average Bonchev–Trinajstić information content (AvgIpc) is 2.85. The number of hydrogen-bond donors (Lipinski definition) is 1. The fraction of sp³-hybridized carbons (Fsp3) is 0. The SMILES string of the molecule is O=C(Nc1ccc(F)c([N+](=O)[O-])c1)c1ccsc1. The number of hydrogen-bond acceptors (Lipinski definition) is 4. The molecule has 1 aromatic heterocycles. The third-order valence-electron chi connectivity index (χ3n) is 2.18. The smallest absolute Gasteiger partial charge is 0.306 e. The number of halogens is 1. The number of rotatable bonds is 3. The Labute approximate surface area is 105 Å². The minimum absolute atomic E-state index is 0.180. The van der Waals surface area contributed by atoms with Crippen LogP contribution in [0.25, 0.3) is 0 Å². The number of nitro benzene ring substituents is 1. The van der Waals surface area contributed by atoms with Crippen LogP contribution in [0.2, 0.25) is 0 Å². The summed E-state index contributed by atoms with van der Waals surface area (Å²) in [6.07, 6.45) is 0. The monoisotopic (exact) mass is 266 g/mol. The van der Waals surface area contributed by atoms with Crippen LogP contribution in [0.1, 0.15) is 10.4 Å². The van der Waals surface area contributed by atoms with E-state index in [0.29, 0.717) is 5.56 Å². The second kappa shape index (κ2) is 4.92. The molecule has 5 nitrogen and oxygen atoms in total. The Morgan fingerprint density at radius 2 is 2.17 bits per heavy atom. The van der Waals surface area contributed by atoms with Crippen LogP contribution in [-0.2, 0) is 0 Å². The Morgan fingerprint density at radius 1 is 1.39 bits per heavy atom. The van der Waals surface area contributed by atoms with Crippen LogP contribution >= 0.6 is 11.3 Å². The van der Waals surface area contributed by atoms with Gasteiger partial charge in [0.2, 0.25) is 5.82 Å². The molecule has 2 aromatic rings. The number of carbonyl (C=O) groups is 1. The first-order chi connectivity index (χ1) is 8.58. The van der Waals surface area contributed by atoms with E-state index in [4.69, 9.17) is 0 Å². The normalized spacial score (nSPS) is 10.1. The number of nitrogens with one attached hydrogen (secondary N) is 1. The topological polar surface area (TPSA) is 72.2 Å². The van der Waals surface area contributed by atoms with Gasteiger partial charge in [0, 0.05) is 17.1 Å². The standard InChI is InChI=1S/C11H7FN2O3S/c12-9-2-1-8(5-10(9)14(16)17)13-11(15)7-3-4-18-6-7/h1-6H,(H,13,15). The number of carbonyl (C=O) groups excluding carboxylic acids is 1. The van der Waals surface area contributed by atoms with Crippen LogP contribution in [0.3, 0.4) is 0 Å². The average molecular weight is 266 g/mol. The molecule has 0 atom stereocenters. The molecule has 0 unspecified atom stereocenters. The maximum Gasteiger partial charge on any atom is 0.306 e. The molecule has 2 rings (SSSR count). The predicted octanol–water partition coefficient (Wildman–Crippen LogP) is 3.05. The highest BCUT2D eigenvalue weighted by molar-refractivity contribution is 7.08. The van der Waals surface area contributed by atoms with E-state index < -0.39 is 22.3 Å². The molecule has 7 heteroatoms. The van der Waals surface area contributed by atoms with Crippen molar-refractivity contribution in [2.24, 2.45) is 0 Å². The van der Waals surface area contributed by atoms with Gasteiger partial charge in [0.05, 0.1) is 10.5 Å². The molecular formula is C11H7FN2O3S. The molecule has 0 aliphatic heterocycles. The van der Waals surface area contributed by atoms with Crippen molar-refractivity contribution in [3.63, 3.8) is 0 Å². The fourth-order valence-corrected chi connectivity index (χ4v) is 1.96. The summed E-state index contributed by atoms with van der Waals surface area (Å²) in [7, 11) is 0. The van der Waals surface area contributed by atoms with E-state index in [1.165, 1.54) is 17.4 Å². The van der Waals surface area contributed by atoms with Gasteiger partial charge in [-0.25, -0.2) is 0 Å². The first-order valence-electron chi connectivity index (χ1n) is 4.85. The second-order valence-electron chi connectivity index (χ2n) is 3.39. The van der Waals surface area contributed by atoms with Gasteiger partial charge in [-0.05, 0) is 23.6 Å². The summed E-state index contributed by atoms with van der Waals surface area (Å²) in [6.45, 7) is 0. The maximum absolute atomic E-state index is 13.1. The Balaban J connectivity index is 2.22. The van der Waals surface area contributed by atoms with Gasteiger partial charge in [-0.1, -0.05) is 0 Å². The van der Waals surface area contributed by atoms with Crippen molar-refractivity contribution in [1.82, 2.24) is 0 Å². The number of nitrogens with zero attached hydrogens (tertiary/aromatic N) is 1. The van der Waals surface area contributed by atoms with Crippen molar-refractivity contribution >= 4 is 28.6 Å². The minimum Gasteiger partial charge on any atom is -0.322 e. The highest BCUT2D eigenvalue weighted by Gasteiger charge is 2.15. The predicted molar refractivity (Wildman–Crippen MR) is 65.3 cm³/mol. The molecule has 0 aliphatic rings. The lowest BCUT2D eigenvalue weighted by Crippen LogP contribution is -2.11. The van der Waals surface area contributed by atoms with E-state index in [9.17, 15) is 19.3 Å². The van der Waals surface area contributed by atoms with Gasteiger partial charge in [0.15, 0.2) is 0 Å². The van der Waals surface area contributed by atoms with Crippen LogP contribution < -0.4 is 5.32 Å².